The smallest absolute Gasteiger partial charge is 0.348 e. The Morgan fingerprint density at radius 1 is 1.06 bits per heavy atom. The summed E-state index contributed by atoms with van der Waals surface area (Å²) in [5.41, 5.74) is 12.1. The number of imidazole rings is 1. The van der Waals surface area contributed by atoms with Crippen LogP contribution in [0, 0.1) is 0 Å². The highest BCUT2D eigenvalue weighted by Crippen LogP contribution is 2.40. The van der Waals surface area contributed by atoms with Crippen LogP contribution in [0.5, 0.6) is 5.75 Å². The molecule has 1 fully saturated rings. The molecule has 1 aliphatic carbocycles. The summed E-state index contributed by atoms with van der Waals surface area (Å²) in [7, 11) is 0. The van der Waals surface area contributed by atoms with Crippen molar-refractivity contribution in [3.8, 4) is 28.3 Å². The van der Waals surface area contributed by atoms with Gasteiger partial charge in [-0.25, -0.2) is 9.78 Å². The third kappa shape index (κ3) is 4.01. The number of fused-ring (bicyclic) bond motifs is 1. The fraction of sp³-hybridized carbons (Fsp3) is 0.185. The number of nitrogens with two attached hydrogens (primary N) is 1. The van der Waals surface area contributed by atoms with E-state index in [1.807, 2.05) is 34.9 Å². The second-order valence-corrected chi connectivity index (χ2v) is 8.30. The molecule has 33 heavy (non-hydrogen) atoms. The number of carbonyl (C=O) groups is 1. The van der Waals surface area contributed by atoms with Crippen LogP contribution in [0.4, 0.5) is 0 Å². The van der Waals surface area contributed by atoms with Crippen molar-refractivity contribution in [1.29, 1.82) is 0 Å². The molecule has 0 amide bonds. The van der Waals surface area contributed by atoms with Crippen molar-refractivity contribution in [2.24, 2.45) is 5.73 Å². The number of nitrogens with zero attached hydrogens (tertiary/aromatic N) is 2. The number of hydrogen-bond donors (Lipinski definition) is 1. The number of pyridine rings is 1. The Balaban J connectivity index is 1.56. The molecule has 1 aliphatic rings. The van der Waals surface area contributed by atoms with Crippen molar-refractivity contribution < 1.29 is 14.3 Å². The van der Waals surface area contributed by atoms with Gasteiger partial charge in [0.2, 0.25) is 0 Å². The molecule has 2 heterocycles. The normalized spacial score (nSPS) is 14.5. The van der Waals surface area contributed by atoms with Crippen LogP contribution in [0.1, 0.15) is 24.8 Å². The second-order valence-electron chi connectivity index (χ2n) is 8.30. The Kier molecular flexibility index (Phi) is 5.44. The average Bonchev–Trinajstić information content (AvgIpc) is 3.21. The molecule has 2 N–H and O–H groups in total. The first-order valence-corrected chi connectivity index (χ1v) is 11.0. The molecule has 0 bridgehead atoms. The minimum atomic E-state index is -0.510. The van der Waals surface area contributed by atoms with E-state index in [9.17, 15) is 4.79 Å². The van der Waals surface area contributed by atoms with Crippen molar-refractivity contribution in [3.63, 3.8) is 0 Å². The zero-order valence-corrected chi connectivity index (χ0v) is 18.2. The standard InChI is InChI=1S/C27H25N3O3/c1-2-32-24(31)18-33-22-13-14-23-29-25(26(30(23)17-22)20-7-4-3-5-8-20)19-9-11-21(12-10-19)27(28)15-6-16-27/h2-5,7-14,17H,1,6,15-16,18,28H2. The number of ether oxygens (including phenoxy) is 2. The largest absolute Gasteiger partial charge is 0.480 e. The first-order chi connectivity index (χ1) is 16.1. The molecule has 0 atom stereocenters. The van der Waals surface area contributed by atoms with Gasteiger partial charge in [0, 0.05) is 16.7 Å². The molecule has 6 heteroatoms. The Morgan fingerprint density at radius 2 is 1.82 bits per heavy atom. The van der Waals surface area contributed by atoms with Gasteiger partial charge in [-0.15, -0.1) is 0 Å². The third-order valence-electron chi connectivity index (χ3n) is 6.19. The summed E-state index contributed by atoms with van der Waals surface area (Å²) < 4.78 is 12.3. The lowest BCUT2D eigenvalue weighted by Crippen LogP contribution is -2.43. The van der Waals surface area contributed by atoms with Gasteiger partial charge in [0.25, 0.3) is 0 Å². The quantitative estimate of drug-likeness (QED) is 0.321. The maximum atomic E-state index is 11.6. The van der Waals surface area contributed by atoms with E-state index in [-0.39, 0.29) is 12.1 Å². The lowest BCUT2D eigenvalue weighted by atomic mass is 9.72. The molecule has 6 nitrogen and oxygen atoms in total. The van der Waals surface area contributed by atoms with Gasteiger partial charge < -0.3 is 15.2 Å². The van der Waals surface area contributed by atoms with Gasteiger partial charge in [0.15, 0.2) is 6.61 Å². The molecule has 0 aliphatic heterocycles. The van der Waals surface area contributed by atoms with Crippen LogP contribution >= 0.6 is 0 Å². The first kappa shape index (κ1) is 21.0. The van der Waals surface area contributed by atoms with E-state index in [0.717, 1.165) is 47.3 Å². The van der Waals surface area contributed by atoms with Crippen molar-refractivity contribution in [1.82, 2.24) is 9.38 Å². The summed E-state index contributed by atoms with van der Waals surface area (Å²) in [4.78, 5) is 16.6. The highest BCUT2D eigenvalue weighted by atomic mass is 16.6. The lowest BCUT2D eigenvalue weighted by Gasteiger charge is -2.38. The molecule has 2 aromatic carbocycles. The zero-order chi connectivity index (χ0) is 22.8. The van der Waals surface area contributed by atoms with E-state index in [0.29, 0.717) is 5.75 Å². The van der Waals surface area contributed by atoms with Gasteiger partial charge in [0.1, 0.15) is 11.4 Å². The van der Waals surface area contributed by atoms with Crippen molar-refractivity contribution in [2.75, 3.05) is 6.61 Å². The van der Waals surface area contributed by atoms with Gasteiger partial charge in [-0.1, -0.05) is 61.2 Å². The fourth-order valence-corrected chi connectivity index (χ4v) is 4.26. The molecule has 2 aromatic heterocycles. The molecule has 0 radical (unpaired) electrons. The SMILES string of the molecule is C=COC(=O)COc1ccc2nc(-c3ccc(C4(N)CCC4)cc3)c(-c3ccccc3)n2c1. The molecular formula is C27H25N3O3. The summed E-state index contributed by atoms with van der Waals surface area (Å²) >= 11 is 0. The predicted octanol–water partition coefficient (Wildman–Crippen LogP) is 5.07. The highest BCUT2D eigenvalue weighted by Gasteiger charge is 2.34. The van der Waals surface area contributed by atoms with Crippen molar-refractivity contribution in [3.05, 3.63) is 91.3 Å². The molecule has 1 saturated carbocycles. The maximum absolute atomic E-state index is 11.6. The number of aromatic nitrogens is 2. The number of carbonyl (C=O) groups excluding carboxylic acids is 1. The Labute approximate surface area is 192 Å². The third-order valence-corrected chi connectivity index (χ3v) is 6.19. The van der Waals surface area contributed by atoms with Gasteiger partial charge in [-0.2, -0.15) is 0 Å². The summed E-state index contributed by atoms with van der Waals surface area (Å²) in [6.07, 6.45) is 6.16. The number of benzene rings is 2. The second kappa shape index (κ2) is 8.56. The molecule has 5 rings (SSSR count). The first-order valence-electron chi connectivity index (χ1n) is 11.0. The number of rotatable bonds is 7. The molecule has 0 saturated heterocycles. The molecule has 0 spiro atoms. The van der Waals surface area contributed by atoms with Gasteiger partial charge in [-0.05, 0) is 37.0 Å². The maximum Gasteiger partial charge on any atom is 0.348 e. The van der Waals surface area contributed by atoms with Crippen LogP contribution in [0.15, 0.2) is 85.8 Å². The van der Waals surface area contributed by atoms with E-state index in [2.05, 4.69) is 43.0 Å². The summed E-state index contributed by atoms with van der Waals surface area (Å²) in [5.74, 6) is 0.0268. The van der Waals surface area contributed by atoms with Gasteiger partial charge in [0.05, 0.1) is 23.8 Å². The van der Waals surface area contributed by atoms with Crippen LogP contribution in [0.3, 0.4) is 0 Å². The highest BCUT2D eigenvalue weighted by molar-refractivity contribution is 5.82. The van der Waals surface area contributed by atoms with Crippen molar-refractivity contribution in [2.45, 2.75) is 24.8 Å². The van der Waals surface area contributed by atoms with Crippen LogP contribution in [-0.2, 0) is 15.1 Å². The molecular weight excluding hydrogens is 414 g/mol. The van der Waals surface area contributed by atoms with E-state index in [1.54, 1.807) is 6.07 Å². The Hall–Kier alpha value is -3.90. The monoisotopic (exact) mass is 439 g/mol. The van der Waals surface area contributed by atoms with Gasteiger partial charge in [-0.3, -0.25) is 4.40 Å². The Bertz CT molecular complexity index is 1310. The number of esters is 1. The van der Waals surface area contributed by atoms with Crippen molar-refractivity contribution >= 4 is 11.6 Å². The van der Waals surface area contributed by atoms with E-state index in [1.165, 1.54) is 12.0 Å². The number of hydrogen-bond acceptors (Lipinski definition) is 5. The minimum absolute atomic E-state index is 0.196. The van der Waals surface area contributed by atoms with E-state index in [4.69, 9.17) is 20.2 Å². The van der Waals surface area contributed by atoms with Crippen LogP contribution < -0.4 is 10.5 Å². The van der Waals surface area contributed by atoms with Crippen LogP contribution in [-0.4, -0.2) is 22.0 Å². The van der Waals surface area contributed by atoms with Gasteiger partial charge >= 0.3 is 5.97 Å². The fourth-order valence-electron chi connectivity index (χ4n) is 4.26. The molecule has 0 unspecified atom stereocenters. The van der Waals surface area contributed by atoms with Crippen LogP contribution in [0.2, 0.25) is 0 Å². The average molecular weight is 440 g/mol. The van der Waals surface area contributed by atoms with E-state index < -0.39 is 5.97 Å². The summed E-state index contributed by atoms with van der Waals surface area (Å²) in [6, 6.07) is 22.2. The molecule has 4 aromatic rings. The minimum Gasteiger partial charge on any atom is -0.480 e. The topological polar surface area (TPSA) is 78.8 Å². The zero-order valence-electron chi connectivity index (χ0n) is 18.2. The molecule has 166 valence electrons. The lowest BCUT2D eigenvalue weighted by molar-refractivity contribution is -0.140. The predicted molar refractivity (Wildman–Crippen MR) is 128 cm³/mol. The van der Waals surface area contributed by atoms with Crippen LogP contribution in [0.25, 0.3) is 28.2 Å². The summed E-state index contributed by atoms with van der Waals surface area (Å²) in [6.45, 7) is 3.18. The Morgan fingerprint density at radius 3 is 2.48 bits per heavy atom. The summed E-state index contributed by atoms with van der Waals surface area (Å²) in [5, 5.41) is 0. The van der Waals surface area contributed by atoms with E-state index >= 15 is 0 Å².